The van der Waals surface area contributed by atoms with Crippen molar-refractivity contribution in [2.24, 2.45) is 0 Å². The average Bonchev–Trinajstić information content (AvgIpc) is 2.33. The van der Waals surface area contributed by atoms with Gasteiger partial charge in [-0.15, -0.1) is 0 Å². The molecule has 0 amide bonds. The van der Waals surface area contributed by atoms with Crippen LogP contribution in [-0.2, 0) is 0 Å². The zero-order chi connectivity index (χ0) is 13.1. The van der Waals surface area contributed by atoms with Crippen LogP contribution in [0.2, 0.25) is 10.0 Å². The molecule has 2 N–H and O–H groups in total. The number of benzene rings is 2. The van der Waals surface area contributed by atoms with E-state index in [-0.39, 0.29) is 11.8 Å². The lowest BCUT2D eigenvalue weighted by atomic mass is 10.1. The Morgan fingerprint density at radius 1 is 1.06 bits per heavy atom. The predicted octanol–water partition coefficient (Wildman–Crippen LogP) is 4.87. The zero-order valence-corrected chi connectivity index (χ0v) is 11.3. The van der Waals surface area contributed by atoms with Crippen molar-refractivity contribution in [1.82, 2.24) is 0 Å². The third-order valence-electron chi connectivity index (χ3n) is 2.70. The molecule has 2 aromatic rings. The van der Waals surface area contributed by atoms with Crippen LogP contribution in [0.15, 0.2) is 42.5 Å². The van der Waals surface area contributed by atoms with Crippen molar-refractivity contribution < 1.29 is 5.11 Å². The Morgan fingerprint density at radius 2 is 1.72 bits per heavy atom. The maximum atomic E-state index is 9.25. The molecule has 0 radical (unpaired) electrons. The van der Waals surface area contributed by atoms with E-state index in [0.29, 0.717) is 10.0 Å². The number of phenols is 1. The molecule has 4 heteroatoms. The van der Waals surface area contributed by atoms with Gasteiger partial charge in [0, 0.05) is 11.1 Å². The number of hydrogen-bond donors (Lipinski definition) is 2. The third-order valence-corrected chi connectivity index (χ3v) is 3.24. The summed E-state index contributed by atoms with van der Waals surface area (Å²) in [7, 11) is 0. The molecule has 0 aliphatic carbocycles. The molecule has 0 fully saturated rings. The molecule has 0 aromatic heterocycles. The highest BCUT2D eigenvalue weighted by Gasteiger charge is 2.08. The minimum atomic E-state index is 0.0873. The summed E-state index contributed by atoms with van der Waals surface area (Å²) in [6, 6.07) is 12.5. The van der Waals surface area contributed by atoms with E-state index in [1.165, 1.54) is 0 Å². The van der Waals surface area contributed by atoms with Crippen LogP contribution >= 0.6 is 23.2 Å². The van der Waals surface area contributed by atoms with Gasteiger partial charge in [-0.2, -0.15) is 0 Å². The topological polar surface area (TPSA) is 32.3 Å². The van der Waals surface area contributed by atoms with Crippen LogP contribution in [0.4, 0.5) is 5.69 Å². The number of halogens is 2. The molecule has 0 aliphatic heterocycles. The van der Waals surface area contributed by atoms with Crippen molar-refractivity contribution in [3.8, 4) is 5.75 Å². The smallest absolute Gasteiger partial charge is 0.115 e. The second-order valence-electron chi connectivity index (χ2n) is 4.08. The molecule has 0 spiro atoms. The summed E-state index contributed by atoms with van der Waals surface area (Å²) in [5, 5.41) is 13.8. The standard InChI is InChI=1S/C14H13Cl2NO/c1-9(10-2-5-12(18)6-3-10)17-14-7-4-11(15)8-13(14)16/h2-9,17-18H,1H3. The lowest BCUT2D eigenvalue weighted by molar-refractivity contribution is 0.475. The number of rotatable bonds is 3. The first-order valence-electron chi connectivity index (χ1n) is 5.57. The molecule has 1 atom stereocenters. The maximum absolute atomic E-state index is 9.25. The van der Waals surface area contributed by atoms with E-state index in [2.05, 4.69) is 5.32 Å². The monoisotopic (exact) mass is 281 g/mol. The van der Waals surface area contributed by atoms with Gasteiger partial charge in [0.2, 0.25) is 0 Å². The second kappa shape index (κ2) is 5.51. The summed E-state index contributed by atoms with van der Waals surface area (Å²) < 4.78 is 0. The molecular formula is C14H13Cl2NO. The molecule has 2 aromatic carbocycles. The minimum absolute atomic E-state index is 0.0873. The molecule has 0 saturated heterocycles. The first kappa shape index (κ1) is 13.1. The van der Waals surface area contributed by atoms with Crippen LogP contribution in [0.3, 0.4) is 0 Å². The van der Waals surface area contributed by atoms with Crippen molar-refractivity contribution in [1.29, 1.82) is 0 Å². The molecule has 94 valence electrons. The largest absolute Gasteiger partial charge is 0.508 e. The Kier molecular flexibility index (Phi) is 4.00. The average molecular weight is 282 g/mol. The molecule has 2 nitrogen and oxygen atoms in total. The van der Waals surface area contributed by atoms with Gasteiger partial charge >= 0.3 is 0 Å². The highest BCUT2D eigenvalue weighted by Crippen LogP contribution is 2.29. The van der Waals surface area contributed by atoms with Crippen LogP contribution in [0.25, 0.3) is 0 Å². The van der Waals surface area contributed by atoms with Crippen LogP contribution in [0, 0.1) is 0 Å². The number of nitrogens with one attached hydrogen (secondary N) is 1. The molecule has 0 heterocycles. The normalized spacial score (nSPS) is 12.2. The van der Waals surface area contributed by atoms with Gasteiger partial charge in [0.25, 0.3) is 0 Å². The third kappa shape index (κ3) is 3.09. The Hall–Kier alpha value is -1.38. The molecule has 0 saturated carbocycles. The van der Waals surface area contributed by atoms with Gasteiger partial charge < -0.3 is 10.4 Å². The fraction of sp³-hybridized carbons (Fsp3) is 0.143. The van der Waals surface area contributed by atoms with Crippen molar-refractivity contribution in [3.63, 3.8) is 0 Å². The van der Waals surface area contributed by atoms with Crippen LogP contribution < -0.4 is 5.32 Å². The summed E-state index contributed by atoms with van der Waals surface area (Å²) in [6.07, 6.45) is 0. The number of anilines is 1. The van der Waals surface area contributed by atoms with E-state index in [9.17, 15) is 5.11 Å². The minimum Gasteiger partial charge on any atom is -0.508 e. The highest BCUT2D eigenvalue weighted by atomic mass is 35.5. The Morgan fingerprint density at radius 3 is 2.33 bits per heavy atom. The molecule has 18 heavy (non-hydrogen) atoms. The van der Waals surface area contributed by atoms with E-state index >= 15 is 0 Å². The molecular weight excluding hydrogens is 269 g/mol. The quantitative estimate of drug-likeness (QED) is 0.841. The highest BCUT2D eigenvalue weighted by molar-refractivity contribution is 6.36. The van der Waals surface area contributed by atoms with Gasteiger partial charge in [0.15, 0.2) is 0 Å². The summed E-state index contributed by atoms with van der Waals surface area (Å²) in [5.74, 6) is 0.260. The van der Waals surface area contributed by atoms with E-state index in [4.69, 9.17) is 23.2 Å². The summed E-state index contributed by atoms with van der Waals surface area (Å²) >= 11 is 11.9. The van der Waals surface area contributed by atoms with Crippen molar-refractivity contribution >= 4 is 28.9 Å². The van der Waals surface area contributed by atoms with Gasteiger partial charge in [-0.3, -0.25) is 0 Å². The van der Waals surface area contributed by atoms with Gasteiger partial charge in [0.1, 0.15) is 5.75 Å². The van der Waals surface area contributed by atoms with Gasteiger partial charge in [-0.25, -0.2) is 0 Å². The zero-order valence-electron chi connectivity index (χ0n) is 9.82. The summed E-state index contributed by atoms with van der Waals surface area (Å²) in [5.41, 5.74) is 1.90. The van der Waals surface area contributed by atoms with Gasteiger partial charge in [-0.05, 0) is 42.8 Å². The lowest BCUT2D eigenvalue weighted by Crippen LogP contribution is -2.06. The van der Waals surface area contributed by atoms with Crippen LogP contribution in [0.1, 0.15) is 18.5 Å². The van der Waals surface area contributed by atoms with Crippen LogP contribution in [0.5, 0.6) is 5.75 Å². The first-order valence-corrected chi connectivity index (χ1v) is 6.32. The van der Waals surface area contributed by atoms with E-state index in [1.807, 2.05) is 25.1 Å². The fourth-order valence-corrected chi connectivity index (χ4v) is 2.15. The van der Waals surface area contributed by atoms with Crippen molar-refractivity contribution in [2.45, 2.75) is 13.0 Å². The van der Waals surface area contributed by atoms with E-state index in [0.717, 1.165) is 11.3 Å². The van der Waals surface area contributed by atoms with Crippen LogP contribution in [-0.4, -0.2) is 5.11 Å². The van der Waals surface area contributed by atoms with Crippen molar-refractivity contribution in [2.75, 3.05) is 5.32 Å². The SMILES string of the molecule is CC(Nc1ccc(Cl)cc1Cl)c1ccc(O)cc1. The number of hydrogen-bond acceptors (Lipinski definition) is 2. The molecule has 0 aliphatic rings. The van der Waals surface area contributed by atoms with E-state index in [1.54, 1.807) is 24.3 Å². The number of aromatic hydroxyl groups is 1. The summed E-state index contributed by atoms with van der Waals surface area (Å²) in [6.45, 7) is 2.03. The fourth-order valence-electron chi connectivity index (χ4n) is 1.69. The van der Waals surface area contributed by atoms with E-state index < -0.39 is 0 Å². The molecule has 1 unspecified atom stereocenters. The van der Waals surface area contributed by atoms with Gasteiger partial charge in [0.05, 0.1) is 10.7 Å². The second-order valence-corrected chi connectivity index (χ2v) is 4.93. The predicted molar refractivity (Wildman–Crippen MR) is 76.6 cm³/mol. The lowest BCUT2D eigenvalue weighted by Gasteiger charge is -2.17. The Bertz CT molecular complexity index is 540. The number of phenolic OH excluding ortho intramolecular Hbond substituents is 1. The molecule has 2 rings (SSSR count). The maximum Gasteiger partial charge on any atom is 0.115 e. The first-order chi connectivity index (χ1) is 8.56. The van der Waals surface area contributed by atoms with Gasteiger partial charge in [-0.1, -0.05) is 35.3 Å². The molecule has 0 bridgehead atoms. The summed E-state index contributed by atoms with van der Waals surface area (Å²) in [4.78, 5) is 0. The Labute approximate surface area is 116 Å². The Balaban J connectivity index is 2.15. The van der Waals surface area contributed by atoms with Crippen molar-refractivity contribution in [3.05, 3.63) is 58.1 Å².